The number of hydrogen-bond acceptors (Lipinski definition) is 7. The van der Waals surface area contributed by atoms with Crippen molar-refractivity contribution in [2.24, 2.45) is 5.41 Å². The van der Waals surface area contributed by atoms with Crippen molar-refractivity contribution in [2.75, 3.05) is 37.1 Å². The van der Waals surface area contributed by atoms with Crippen LogP contribution in [-0.2, 0) is 20.8 Å². The Labute approximate surface area is 166 Å². The van der Waals surface area contributed by atoms with Gasteiger partial charge in [0.15, 0.2) is 11.5 Å². The molecule has 1 N–H and O–H groups in total. The van der Waals surface area contributed by atoms with E-state index in [1.807, 2.05) is 0 Å². The summed E-state index contributed by atoms with van der Waals surface area (Å²) in [6, 6.07) is 5.60. The topological polar surface area (TPSA) is 94.1 Å². The van der Waals surface area contributed by atoms with E-state index >= 15 is 0 Å². The number of nitrogens with one attached hydrogen (secondary N) is 1. The Morgan fingerprint density at radius 1 is 1.21 bits per heavy atom. The van der Waals surface area contributed by atoms with Gasteiger partial charge in [0.2, 0.25) is 0 Å². The quantitative estimate of drug-likeness (QED) is 0.753. The highest BCUT2D eigenvalue weighted by molar-refractivity contribution is 7.90. The Morgan fingerprint density at radius 2 is 1.93 bits per heavy atom. The van der Waals surface area contributed by atoms with Gasteiger partial charge in [-0.1, -0.05) is 6.07 Å². The molecule has 0 atom stereocenters. The molecule has 0 aromatic carbocycles. The van der Waals surface area contributed by atoms with Gasteiger partial charge in [-0.2, -0.15) is 13.2 Å². The smallest absolute Gasteiger partial charge is 0.381 e. The molecule has 2 aromatic rings. The predicted octanol–water partition coefficient (Wildman–Crippen LogP) is 2.81. The van der Waals surface area contributed by atoms with E-state index < -0.39 is 27.1 Å². The molecule has 1 aliphatic rings. The molecule has 0 spiro atoms. The van der Waals surface area contributed by atoms with Gasteiger partial charge < -0.3 is 10.1 Å². The van der Waals surface area contributed by atoms with E-state index in [-0.39, 0.29) is 29.6 Å². The number of alkyl halides is 3. The van der Waals surface area contributed by atoms with Crippen molar-refractivity contribution in [3.8, 4) is 11.5 Å². The average molecular weight is 430 g/mol. The van der Waals surface area contributed by atoms with Crippen LogP contribution in [0.1, 0.15) is 18.5 Å². The summed E-state index contributed by atoms with van der Waals surface area (Å²) < 4.78 is 69.1. The van der Waals surface area contributed by atoms with Crippen molar-refractivity contribution in [3.05, 3.63) is 36.2 Å². The third-order valence-corrected chi connectivity index (χ3v) is 5.81. The van der Waals surface area contributed by atoms with Crippen molar-refractivity contribution in [1.82, 2.24) is 15.0 Å². The molecule has 0 aliphatic carbocycles. The lowest BCUT2D eigenvalue weighted by Crippen LogP contribution is -2.41. The molecule has 2 aromatic heterocycles. The predicted molar refractivity (Wildman–Crippen MR) is 101 cm³/mol. The maximum Gasteiger partial charge on any atom is 0.433 e. The number of hydrogen-bond donors (Lipinski definition) is 1. The van der Waals surface area contributed by atoms with Crippen molar-refractivity contribution in [2.45, 2.75) is 19.0 Å². The Balaban J connectivity index is 1.91. The summed E-state index contributed by atoms with van der Waals surface area (Å²) in [5.41, 5.74) is -1.53. The molecule has 0 saturated carbocycles. The first-order chi connectivity index (χ1) is 13.6. The molecule has 158 valence electrons. The largest absolute Gasteiger partial charge is 0.433 e. The standard InChI is InChI=1S/C18H21F3N4O3S/c1-29(26,27)12-17(5-8-28-9-6-17)11-23-15-10-14(18(19,20)21)24-16(25-15)13-4-2-3-7-22-13/h2-4,7,10H,5-6,8-9,11-12H2,1H3,(H,23,24,25). The van der Waals surface area contributed by atoms with E-state index in [4.69, 9.17) is 4.74 Å². The van der Waals surface area contributed by atoms with E-state index in [2.05, 4.69) is 20.3 Å². The van der Waals surface area contributed by atoms with Crippen LogP contribution in [-0.4, -0.2) is 55.1 Å². The highest BCUT2D eigenvalue weighted by Gasteiger charge is 2.37. The van der Waals surface area contributed by atoms with Crippen LogP contribution >= 0.6 is 0 Å². The Bertz CT molecular complexity index is 947. The molecule has 7 nitrogen and oxygen atoms in total. The molecule has 3 rings (SSSR count). The highest BCUT2D eigenvalue weighted by Crippen LogP contribution is 2.34. The van der Waals surface area contributed by atoms with Crippen LogP contribution in [0, 0.1) is 5.41 Å². The first kappa shape index (κ1) is 21.4. The Hall–Kier alpha value is -2.27. The fraction of sp³-hybridized carbons (Fsp3) is 0.500. The van der Waals surface area contributed by atoms with Crippen LogP contribution < -0.4 is 5.32 Å². The molecule has 0 radical (unpaired) electrons. The second-order valence-electron chi connectivity index (χ2n) is 7.21. The van der Waals surface area contributed by atoms with Gasteiger partial charge in [-0.05, 0) is 25.0 Å². The summed E-state index contributed by atoms with van der Waals surface area (Å²) >= 11 is 0. The van der Waals surface area contributed by atoms with E-state index in [0.29, 0.717) is 26.1 Å². The normalized spacial score (nSPS) is 17.1. The molecule has 0 bridgehead atoms. The van der Waals surface area contributed by atoms with Crippen molar-refractivity contribution < 1.29 is 26.3 Å². The lowest BCUT2D eigenvalue weighted by atomic mass is 9.82. The molecule has 1 aliphatic heterocycles. The number of ether oxygens (including phenoxy) is 1. The van der Waals surface area contributed by atoms with Gasteiger partial charge in [0.05, 0.1) is 5.75 Å². The van der Waals surface area contributed by atoms with E-state index in [1.54, 1.807) is 12.1 Å². The number of anilines is 1. The van der Waals surface area contributed by atoms with Gasteiger partial charge in [0.25, 0.3) is 0 Å². The minimum absolute atomic E-state index is 0.0349. The van der Waals surface area contributed by atoms with Crippen LogP contribution in [0.3, 0.4) is 0 Å². The third-order valence-electron chi connectivity index (χ3n) is 4.68. The van der Waals surface area contributed by atoms with Crippen LogP contribution in [0.15, 0.2) is 30.5 Å². The first-order valence-electron chi connectivity index (χ1n) is 8.93. The van der Waals surface area contributed by atoms with Gasteiger partial charge in [0.1, 0.15) is 21.3 Å². The Kier molecular flexibility index (Phi) is 6.08. The zero-order valence-corrected chi connectivity index (χ0v) is 16.6. The molecule has 29 heavy (non-hydrogen) atoms. The Morgan fingerprint density at radius 3 is 2.52 bits per heavy atom. The van der Waals surface area contributed by atoms with E-state index in [1.165, 1.54) is 12.3 Å². The maximum absolute atomic E-state index is 13.3. The lowest BCUT2D eigenvalue weighted by Gasteiger charge is -2.36. The number of pyridine rings is 1. The summed E-state index contributed by atoms with van der Waals surface area (Å²) in [7, 11) is -3.29. The summed E-state index contributed by atoms with van der Waals surface area (Å²) in [6.07, 6.45) is -1.11. The van der Waals surface area contributed by atoms with Gasteiger partial charge in [-0.25, -0.2) is 18.4 Å². The minimum atomic E-state index is -4.66. The third kappa shape index (κ3) is 5.86. The van der Waals surface area contributed by atoms with Crippen LogP contribution in [0.25, 0.3) is 11.5 Å². The highest BCUT2D eigenvalue weighted by atomic mass is 32.2. The number of halogens is 3. The molecular weight excluding hydrogens is 409 g/mol. The molecule has 3 heterocycles. The summed E-state index contributed by atoms with van der Waals surface area (Å²) in [6.45, 7) is 0.946. The van der Waals surface area contributed by atoms with Crippen LogP contribution in [0.2, 0.25) is 0 Å². The van der Waals surface area contributed by atoms with Crippen molar-refractivity contribution in [3.63, 3.8) is 0 Å². The molecule has 1 fully saturated rings. The number of aromatic nitrogens is 3. The molecule has 0 amide bonds. The van der Waals surface area contributed by atoms with Crippen molar-refractivity contribution >= 4 is 15.7 Å². The zero-order valence-electron chi connectivity index (χ0n) is 15.7. The van der Waals surface area contributed by atoms with Gasteiger partial charge in [0, 0.05) is 43.7 Å². The van der Waals surface area contributed by atoms with E-state index in [9.17, 15) is 21.6 Å². The summed E-state index contributed by atoms with van der Waals surface area (Å²) in [5, 5.41) is 2.90. The monoisotopic (exact) mass is 430 g/mol. The SMILES string of the molecule is CS(=O)(=O)CC1(CNc2cc(C(F)(F)F)nc(-c3ccccn3)n2)CCOCC1. The second-order valence-corrected chi connectivity index (χ2v) is 9.35. The fourth-order valence-corrected chi connectivity index (χ4v) is 4.81. The lowest BCUT2D eigenvalue weighted by molar-refractivity contribution is -0.141. The number of nitrogens with zero attached hydrogens (tertiary/aromatic N) is 3. The van der Waals surface area contributed by atoms with E-state index in [0.717, 1.165) is 12.3 Å². The summed E-state index contributed by atoms with van der Waals surface area (Å²) in [5.74, 6) is -0.278. The van der Waals surface area contributed by atoms with Gasteiger partial charge in [-0.3, -0.25) is 4.98 Å². The van der Waals surface area contributed by atoms with Gasteiger partial charge in [-0.15, -0.1) is 0 Å². The van der Waals surface area contributed by atoms with Crippen LogP contribution in [0.4, 0.5) is 19.0 Å². The molecule has 11 heteroatoms. The summed E-state index contributed by atoms with van der Waals surface area (Å²) in [4.78, 5) is 11.8. The molecule has 1 saturated heterocycles. The minimum Gasteiger partial charge on any atom is -0.381 e. The number of sulfone groups is 1. The molecule has 0 unspecified atom stereocenters. The fourth-order valence-electron chi connectivity index (χ4n) is 3.30. The number of rotatable bonds is 6. The second kappa shape index (κ2) is 8.23. The maximum atomic E-state index is 13.3. The van der Waals surface area contributed by atoms with Gasteiger partial charge >= 0.3 is 6.18 Å². The molecular formula is C18H21F3N4O3S. The zero-order chi connectivity index (χ0) is 21.1. The van der Waals surface area contributed by atoms with Crippen molar-refractivity contribution in [1.29, 1.82) is 0 Å². The first-order valence-corrected chi connectivity index (χ1v) is 11.0. The van der Waals surface area contributed by atoms with Crippen LogP contribution in [0.5, 0.6) is 0 Å². The average Bonchev–Trinajstić information content (AvgIpc) is 2.66.